The fourth-order valence-corrected chi connectivity index (χ4v) is 4.71. The Kier molecular flexibility index (Phi) is 4.71. The molecule has 1 aliphatic carbocycles. The van der Waals surface area contributed by atoms with Crippen LogP contribution >= 0.6 is 11.6 Å². The Bertz CT molecular complexity index is 288. The average Bonchev–Trinajstić information content (AvgIpc) is 3.02. The Labute approximate surface area is 122 Å². The first-order valence-electron chi connectivity index (χ1n) is 8.26. The molecule has 0 aromatic rings. The standard InChI is InChI=1S/C16H28ClNO/c17-10-6-14-4-3-11-18(12-14)13-15-5-9-16(19-15)7-1-2-8-16/h14-15H,1-13H2. The van der Waals surface area contributed by atoms with Gasteiger partial charge in [-0.25, -0.2) is 0 Å². The quantitative estimate of drug-likeness (QED) is 0.728. The summed E-state index contributed by atoms with van der Waals surface area (Å²) in [6.45, 7) is 3.69. The Morgan fingerprint density at radius 2 is 1.95 bits per heavy atom. The summed E-state index contributed by atoms with van der Waals surface area (Å²) in [5.74, 6) is 1.65. The van der Waals surface area contributed by atoms with Gasteiger partial charge < -0.3 is 9.64 Å². The fraction of sp³-hybridized carbons (Fsp3) is 1.00. The van der Waals surface area contributed by atoms with Crippen LogP contribution in [-0.2, 0) is 4.74 Å². The number of alkyl halides is 1. The average molecular weight is 286 g/mol. The predicted octanol–water partition coefficient (Wildman–Crippen LogP) is 3.82. The lowest BCUT2D eigenvalue weighted by molar-refractivity contribution is -0.0506. The monoisotopic (exact) mass is 285 g/mol. The zero-order valence-electron chi connectivity index (χ0n) is 12.1. The molecule has 2 heterocycles. The predicted molar refractivity (Wildman–Crippen MR) is 79.8 cm³/mol. The van der Waals surface area contributed by atoms with E-state index in [9.17, 15) is 0 Å². The molecule has 2 atom stereocenters. The van der Waals surface area contributed by atoms with Crippen LogP contribution < -0.4 is 0 Å². The van der Waals surface area contributed by atoms with Gasteiger partial charge in [0.15, 0.2) is 0 Å². The number of likely N-dealkylation sites (tertiary alicyclic amines) is 1. The van der Waals surface area contributed by atoms with Gasteiger partial charge in [0.1, 0.15) is 0 Å². The van der Waals surface area contributed by atoms with Crippen LogP contribution in [0.15, 0.2) is 0 Å². The number of piperidine rings is 1. The second kappa shape index (κ2) is 6.32. The second-order valence-corrected chi connectivity index (χ2v) is 7.29. The van der Waals surface area contributed by atoms with Gasteiger partial charge in [-0.1, -0.05) is 12.8 Å². The van der Waals surface area contributed by atoms with Crippen LogP contribution in [0.3, 0.4) is 0 Å². The summed E-state index contributed by atoms with van der Waals surface area (Å²) in [5, 5.41) is 0. The fourth-order valence-electron chi connectivity index (χ4n) is 4.41. The first-order chi connectivity index (χ1) is 9.30. The van der Waals surface area contributed by atoms with Crippen LogP contribution in [0.5, 0.6) is 0 Å². The number of rotatable bonds is 4. The van der Waals surface area contributed by atoms with E-state index in [4.69, 9.17) is 16.3 Å². The number of halogens is 1. The van der Waals surface area contributed by atoms with Crippen molar-refractivity contribution in [3.8, 4) is 0 Å². The van der Waals surface area contributed by atoms with Crippen LogP contribution in [0.2, 0.25) is 0 Å². The van der Waals surface area contributed by atoms with Gasteiger partial charge in [0.05, 0.1) is 11.7 Å². The first-order valence-corrected chi connectivity index (χ1v) is 8.79. The van der Waals surface area contributed by atoms with Crippen molar-refractivity contribution in [2.45, 2.75) is 69.5 Å². The first kappa shape index (κ1) is 14.2. The summed E-state index contributed by atoms with van der Waals surface area (Å²) in [6, 6.07) is 0. The number of hydrogen-bond acceptors (Lipinski definition) is 2. The van der Waals surface area contributed by atoms with Gasteiger partial charge in [0.2, 0.25) is 0 Å². The molecule has 0 amide bonds. The molecule has 0 aromatic heterocycles. The lowest BCUT2D eigenvalue weighted by Crippen LogP contribution is -2.41. The number of hydrogen-bond donors (Lipinski definition) is 0. The van der Waals surface area contributed by atoms with Crippen LogP contribution in [-0.4, -0.2) is 42.1 Å². The van der Waals surface area contributed by atoms with Gasteiger partial charge in [-0.05, 0) is 57.4 Å². The third-order valence-electron chi connectivity index (χ3n) is 5.44. The third kappa shape index (κ3) is 3.46. The Balaban J connectivity index is 1.46. The van der Waals surface area contributed by atoms with Crippen molar-refractivity contribution in [2.75, 3.05) is 25.5 Å². The van der Waals surface area contributed by atoms with Crippen LogP contribution in [0.25, 0.3) is 0 Å². The van der Waals surface area contributed by atoms with E-state index >= 15 is 0 Å². The van der Waals surface area contributed by atoms with Gasteiger partial charge in [-0.3, -0.25) is 0 Å². The minimum Gasteiger partial charge on any atom is -0.370 e. The number of ether oxygens (including phenoxy) is 1. The van der Waals surface area contributed by atoms with Crippen molar-refractivity contribution in [1.82, 2.24) is 4.90 Å². The highest BCUT2D eigenvalue weighted by atomic mass is 35.5. The normalized spacial score (nSPS) is 35.2. The lowest BCUT2D eigenvalue weighted by Gasteiger charge is -2.34. The van der Waals surface area contributed by atoms with Crippen molar-refractivity contribution < 1.29 is 4.74 Å². The molecule has 2 unspecified atom stereocenters. The minimum atomic E-state index is 0.302. The van der Waals surface area contributed by atoms with E-state index in [2.05, 4.69) is 4.90 Å². The molecule has 0 radical (unpaired) electrons. The maximum atomic E-state index is 6.44. The Hall–Kier alpha value is 0.210. The molecule has 3 fully saturated rings. The molecule has 0 bridgehead atoms. The van der Waals surface area contributed by atoms with E-state index in [-0.39, 0.29) is 0 Å². The Morgan fingerprint density at radius 3 is 2.74 bits per heavy atom. The van der Waals surface area contributed by atoms with Crippen LogP contribution in [0, 0.1) is 5.92 Å². The van der Waals surface area contributed by atoms with E-state index in [1.165, 1.54) is 77.4 Å². The van der Waals surface area contributed by atoms with Crippen molar-refractivity contribution >= 4 is 11.6 Å². The van der Waals surface area contributed by atoms with Crippen LogP contribution in [0.1, 0.15) is 57.8 Å². The molecule has 19 heavy (non-hydrogen) atoms. The molecule has 2 saturated heterocycles. The topological polar surface area (TPSA) is 12.5 Å². The van der Waals surface area contributed by atoms with Crippen molar-refractivity contribution in [1.29, 1.82) is 0 Å². The molecule has 1 spiro atoms. The van der Waals surface area contributed by atoms with Gasteiger partial charge in [-0.2, -0.15) is 0 Å². The molecule has 3 heteroatoms. The van der Waals surface area contributed by atoms with Gasteiger partial charge in [0, 0.05) is 19.0 Å². The molecule has 2 aliphatic heterocycles. The van der Waals surface area contributed by atoms with Crippen molar-refractivity contribution in [3.05, 3.63) is 0 Å². The summed E-state index contributed by atoms with van der Waals surface area (Å²) < 4.78 is 6.44. The molecular formula is C16H28ClNO. The van der Waals surface area contributed by atoms with E-state index < -0.39 is 0 Å². The summed E-state index contributed by atoms with van der Waals surface area (Å²) in [4.78, 5) is 2.64. The van der Waals surface area contributed by atoms with Crippen LogP contribution in [0.4, 0.5) is 0 Å². The zero-order chi connectivity index (χ0) is 13.1. The van der Waals surface area contributed by atoms with E-state index in [0.717, 1.165) is 11.8 Å². The van der Waals surface area contributed by atoms with E-state index in [1.54, 1.807) is 0 Å². The van der Waals surface area contributed by atoms with E-state index in [1.807, 2.05) is 0 Å². The highest BCUT2D eigenvalue weighted by molar-refractivity contribution is 6.17. The van der Waals surface area contributed by atoms with E-state index in [0.29, 0.717) is 11.7 Å². The minimum absolute atomic E-state index is 0.302. The molecule has 0 aromatic carbocycles. The van der Waals surface area contributed by atoms with Crippen molar-refractivity contribution in [2.24, 2.45) is 5.92 Å². The summed E-state index contributed by atoms with van der Waals surface area (Å²) in [5.41, 5.74) is 0.302. The second-order valence-electron chi connectivity index (χ2n) is 6.91. The highest BCUT2D eigenvalue weighted by Crippen LogP contribution is 2.43. The zero-order valence-corrected chi connectivity index (χ0v) is 12.8. The third-order valence-corrected chi connectivity index (χ3v) is 5.65. The highest BCUT2D eigenvalue weighted by Gasteiger charge is 2.42. The summed E-state index contributed by atoms with van der Waals surface area (Å²) in [6.07, 6.45) is 12.4. The molecule has 3 aliphatic rings. The largest absolute Gasteiger partial charge is 0.370 e. The number of nitrogens with zero attached hydrogens (tertiary/aromatic N) is 1. The Morgan fingerprint density at radius 1 is 1.11 bits per heavy atom. The molecule has 110 valence electrons. The van der Waals surface area contributed by atoms with Gasteiger partial charge in [-0.15, -0.1) is 11.6 Å². The smallest absolute Gasteiger partial charge is 0.0710 e. The maximum Gasteiger partial charge on any atom is 0.0710 e. The van der Waals surface area contributed by atoms with Gasteiger partial charge in [0.25, 0.3) is 0 Å². The molecule has 2 nitrogen and oxygen atoms in total. The molecule has 1 saturated carbocycles. The molecular weight excluding hydrogens is 258 g/mol. The molecule has 3 rings (SSSR count). The summed E-state index contributed by atoms with van der Waals surface area (Å²) in [7, 11) is 0. The maximum absolute atomic E-state index is 6.44. The lowest BCUT2D eigenvalue weighted by atomic mass is 9.95. The van der Waals surface area contributed by atoms with Crippen molar-refractivity contribution in [3.63, 3.8) is 0 Å². The van der Waals surface area contributed by atoms with Gasteiger partial charge >= 0.3 is 0 Å². The SMILES string of the molecule is ClCCC1CCCN(CC2CCC3(CCCC3)O2)C1. The molecule has 0 N–H and O–H groups in total. The summed E-state index contributed by atoms with van der Waals surface area (Å²) >= 11 is 5.89.